The molecule has 0 aliphatic rings. The molecule has 170 valence electrons. The van der Waals surface area contributed by atoms with E-state index in [2.05, 4.69) is 9.97 Å². The molecule has 3 rings (SSSR count). The lowest BCUT2D eigenvalue weighted by Gasteiger charge is -2.17. The summed E-state index contributed by atoms with van der Waals surface area (Å²) in [5, 5.41) is -0.131. The minimum absolute atomic E-state index is 0.110. The van der Waals surface area contributed by atoms with Gasteiger partial charge in [0, 0.05) is 16.7 Å². The van der Waals surface area contributed by atoms with Crippen LogP contribution in [0, 0.1) is 11.6 Å². The SMILES string of the molecule is COc1nc(Oc2ccc(F)c(F)c2)nc(-c2ccc(Cl)cc2Cl)c1S(=O)(=O)C(F)(F)F. The molecule has 0 N–H and O–H groups in total. The van der Waals surface area contributed by atoms with E-state index in [1.54, 1.807) is 0 Å². The van der Waals surface area contributed by atoms with E-state index in [4.69, 9.17) is 32.7 Å². The summed E-state index contributed by atoms with van der Waals surface area (Å²) in [6.45, 7) is 0. The van der Waals surface area contributed by atoms with E-state index >= 15 is 0 Å². The van der Waals surface area contributed by atoms with Gasteiger partial charge in [-0.3, -0.25) is 0 Å². The number of alkyl halides is 3. The average Bonchev–Trinajstić information content (AvgIpc) is 2.69. The summed E-state index contributed by atoms with van der Waals surface area (Å²) in [5.74, 6) is -3.82. The normalized spacial score (nSPS) is 12.0. The topological polar surface area (TPSA) is 78.4 Å². The van der Waals surface area contributed by atoms with E-state index in [0.717, 1.165) is 31.4 Å². The molecule has 6 nitrogen and oxygen atoms in total. The number of aromatic nitrogens is 2. The number of methoxy groups -OCH3 is 1. The Balaban J connectivity index is 2.31. The molecule has 1 aromatic heterocycles. The van der Waals surface area contributed by atoms with Crippen molar-refractivity contribution in [2.75, 3.05) is 7.11 Å². The largest absolute Gasteiger partial charge is 0.502 e. The molecule has 32 heavy (non-hydrogen) atoms. The third-order valence-corrected chi connectivity index (χ3v) is 5.93. The second-order valence-electron chi connectivity index (χ2n) is 5.94. The number of hydrogen-bond donors (Lipinski definition) is 0. The summed E-state index contributed by atoms with van der Waals surface area (Å²) < 4.78 is 101. The maximum atomic E-state index is 13.5. The van der Waals surface area contributed by atoms with E-state index in [1.165, 1.54) is 6.07 Å². The van der Waals surface area contributed by atoms with E-state index in [9.17, 15) is 30.4 Å². The molecule has 0 saturated heterocycles. The van der Waals surface area contributed by atoms with Crippen molar-refractivity contribution >= 4 is 33.0 Å². The zero-order valence-corrected chi connectivity index (χ0v) is 17.9. The van der Waals surface area contributed by atoms with Crippen LogP contribution in [0.1, 0.15) is 0 Å². The van der Waals surface area contributed by atoms with Crippen molar-refractivity contribution in [1.29, 1.82) is 0 Å². The molecule has 0 aliphatic carbocycles. The molecule has 14 heteroatoms. The van der Waals surface area contributed by atoms with Crippen molar-refractivity contribution in [1.82, 2.24) is 9.97 Å². The Labute approximate surface area is 187 Å². The first-order valence-electron chi connectivity index (χ1n) is 8.21. The standard InChI is InChI=1S/C18H9Cl2F5N2O4S/c1-30-16-15(32(28,29)18(23,24)25)14(10-4-2-8(19)6-11(10)20)26-17(27-16)31-9-3-5-12(21)13(22)7-9/h2-7H,1H3. The predicted molar refractivity (Wildman–Crippen MR) is 104 cm³/mol. The third-order valence-electron chi connectivity index (χ3n) is 3.87. The van der Waals surface area contributed by atoms with Crippen LogP contribution in [0.4, 0.5) is 22.0 Å². The lowest BCUT2D eigenvalue weighted by molar-refractivity contribution is -0.0437. The highest BCUT2D eigenvalue weighted by Gasteiger charge is 2.51. The van der Waals surface area contributed by atoms with Gasteiger partial charge in [-0.05, 0) is 30.3 Å². The van der Waals surface area contributed by atoms with Crippen LogP contribution in [-0.2, 0) is 9.84 Å². The monoisotopic (exact) mass is 514 g/mol. The fourth-order valence-corrected chi connectivity index (χ4v) is 3.96. The third kappa shape index (κ3) is 4.57. The highest BCUT2D eigenvalue weighted by atomic mass is 35.5. The average molecular weight is 515 g/mol. The van der Waals surface area contributed by atoms with E-state index in [0.29, 0.717) is 6.07 Å². The first kappa shape index (κ1) is 24.0. The van der Waals surface area contributed by atoms with E-state index in [1.807, 2.05) is 0 Å². The molecule has 0 amide bonds. The molecular formula is C18H9Cl2F5N2O4S. The number of sulfone groups is 1. The molecule has 0 radical (unpaired) electrons. The maximum absolute atomic E-state index is 13.5. The Kier molecular flexibility index (Phi) is 6.50. The van der Waals surface area contributed by atoms with Gasteiger partial charge in [0.1, 0.15) is 11.4 Å². The summed E-state index contributed by atoms with van der Waals surface area (Å²) >= 11 is 11.9. The number of nitrogens with zero attached hydrogens (tertiary/aromatic N) is 2. The van der Waals surface area contributed by atoms with Gasteiger partial charge in [-0.15, -0.1) is 0 Å². The van der Waals surface area contributed by atoms with Gasteiger partial charge in [0.25, 0.3) is 9.84 Å². The van der Waals surface area contributed by atoms with Crippen LogP contribution in [0.25, 0.3) is 11.3 Å². The second-order valence-corrected chi connectivity index (χ2v) is 8.67. The van der Waals surface area contributed by atoms with Crippen LogP contribution in [0.2, 0.25) is 10.0 Å². The Morgan fingerprint density at radius 2 is 1.66 bits per heavy atom. The first-order chi connectivity index (χ1) is 14.8. The number of halogens is 7. The van der Waals surface area contributed by atoms with E-state index in [-0.39, 0.29) is 21.4 Å². The van der Waals surface area contributed by atoms with Gasteiger partial charge in [-0.25, -0.2) is 17.2 Å². The number of ether oxygens (including phenoxy) is 2. The molecule has 2 aromatic carbocycles. The Morgan fingerprint density at radius 3 is 2.22 bits per heavy atom. The molecule has 3 aromatic rings. The van der Waals surface area contributed by atoms with Crippen LogP contribution in [0.3, 0.4) is 0 Å². The van der Waals surface area contributed by atoms with Gasteiger partial charge in [0.05, 0.1) is 12.1 Å². The molecule has 0 fully saturated rings. The van der Waals surface area contributed by atoms with Gasteiger partial charge >= 0.3 is 11.5 Å². The minimum Gasteiger partial charge on any atom is -0.480 e. The van der Waals surface area contributed by atoms with Gasteiger partial charge in [0.2, 0.25) is 5.88 Å². The van der Waals surface area contributed by atoms with Crippen LogP contribution < -0.4 is 9.47 Å². The summed E-state index contributed by atoms with van der Waals surface area (Å²) in [4.78, 5) is 5.84. The molecule has 0 bridgehead atoms. The molecule has 0 unspecified atom stereocenters. The Morgan fingerprint density at radius 1 is 0.969 bits per heavy atom. The van der Waals surface area contributed by atoms with E-state index < -0.39 is 49.5 Å². The molecular weight excluding hydrogens is 506 g/mol. The van der Waals surface area contributed by atoms with Gasteiger partial charge < -0.3 is 9.47 Å². The van der Waals surface area contributed by atoms with Crippen molar-refractivity contribution in [2.45, 2.75) is 10.4 Å². The van der Waals surface area contributed by atoms with Crippen LogP contribution in [-0.4, -0.2) is 31.0 Å². The van der Waals surface area contributed by atoms with Crippen LogP contribution >= 0.6 is 23.2 Å². The Bertz CT molecular complexity index is 1300. The Hall–Kier alpha value is -2.70. The zero-order valence-electron chi connectivity index (χ0n) is 15.5. The van der Waals surface area contributed by atoms with Gasteiger partial charge in [-0.1, -0.05) is 23.2 Å². The molecule has 0 aliphatic heterocycles. The zero-order chi connectivity index (χ0) is 23.8. The van der Waals surface area contributed by atoms with Gasteiger partial charge in [-0.2, -0.15) is 23.1 Å². The maximum Gasteiger partial charge on any atom is 0.502 e. The lowest BCUT2D eigenvalue weighted by Crippen LogP contribution is -2.25. The summed E-state index contributed by atoms with van der Waals surface area (Å²) in [7, 11) is -5.17. The summed E-state index contributed by atoms with van der Waals surface area (Å²) in [5.41, 5.74) is -6.82. The predicted octanol–water partition coefficient (Wildman–Crippen LogP) is 5.82. The summed E-state index contributed by atoms with van der Waals surface area (Å²) in [6, 6.07) is 5.12. The van der Waals surface area contributed by atoms with Crippen molar-refractivity contribution in [3.05, 3.63) is 58.1 Å². The van der Waals surface area contributed by atoms with Crippen molar-refractivity contribution in [2.24, 2.45) is 0 Å². The molecule has 0 atom stereocenters. The number of rotatable bonds is 5. The second kappa shape index (κ2) is 8.68. The quantitative estimate of drug-likeness (QED) is 0.399. The first-order valence-corrected chi connectivity index (χ1v) is 10.4. The van der Waals surface area contributed by atoms with Crippen LogP contribution in [0.15, 0.2) is 41.3 Å². The molecule has 0 spiro atoms. The minimum atomic E-state index is -6.03. The molecule has 1 heterocycles. The van der Waals surface area contributed by atoms with Crippen molar-refractivity contribution in [3.63, 3.8) is 0 Å². The smallest absolute Gasteiger partial charge is 0.480 e. The number of hydrogen-bond acceptors (Lipinski definition) is 6. The highest BCUT2D eigenvalue weighted by Crippen LogP contribution is 2.43. The molecule has 0 saturated carbocycles. The summed E-state index contributed by atoms with van der Waals surface area (Å²) in [6.07, 6.45) is 0. The van der Waals surface area contributed by atoms with Crippen LogP contribution in [0.5, 0.6) is 17.6 Å². The highest BCUT2D eigenvalue weighted by molar-refractivity contribution is 7.92. The van der Waals surface area contributed by atoms with Crippen molar-refractivity contribution in [3.8, 4) is 28.9 Å². The fraction of sp³-hybridized carbons (Fsp3) is 0.111. The fourth-order valence-electron chi connectivity index (χ4n) is 2.46. The lowest BCUT2D eigenvalue weighted by atomic mass is 10.1. The van der Waals surface area contributed by atoms with Crippen molar-refractivity contribution < 1.29 is 39.8 Å². The number of benzene rings is 2. The van der Waals surface area contributed by atoms with Gasteiger partial charge in [0.15, 0.2) is 16.5 Å².